The Bertz CT molecular complexity index is 588. The maximum atomic E-state index is 12.9. The summed E-state index contributed by atoms with van der Waals surface area (Å²) in [6, 6.07) is 18.2. The molecule has 1 N–H and O–H groups in total. The van der Waals surface area contributed by atoms with E-state index in [2.05, 4.69) is 0 Å². The number of alkyl halides is 1. The molecule has 0 spiro atoms. The van der Waals surface area contributed by atoms with Crippen molar-refractivity contribution in [2.24, 2.45) is 0 Å². The lowest BCUT2D eigenvalue weighted by Gasteiger charge is -2.31. The Morgan fingerprint density at radius 2 is 1.62 bits per heavy atom. The van der Waals surface area contributed by atoms with E-state index >= 15 is 0 Å². The van der Waals surface area contributed by atoms with Crippen molar-refractivity contribution >= 4 is 22.4 Å². The van der Waals surface area contributed by atoms with Crippen LogP contribution in [0, 0.1) is 0 Å². The van der Waals surface area contributed by atoms with Crippen LogP contribution in [-0.4, -0.2) is 13.5 Å². The summed E-state index contributed by atoms with van der Waals surface area (Å²) >= 11 is 6.66. The van der Waals surface area contributed by atoms with Crippen molar-refractivity contribution in [3.05, 3.63) is 66.2 Å². The Balaban J connectivity index is 2.38. The third-order valence-corrected chi connectivity index (χ3v) is 5.94. The van der Waals surface area contributed by atoms with Crippen molar-refractivity contribution in [3.8, 4) is 0 Å². The van der Waals surface area contributed by atoms with Gasteiger partial charge in [-0.2, -0.15) is 0 Å². The highest BCUT2D eigenvalue weighted by Crippen LogP contribution is 2.41. The molecule has 3 atom stereocenters. The molecule has 112 valence electrons. The van der Waals surface area contributed by atoms with Gasteiger partial charge in [-0.15, -0.1) is 11.6 Å². The van der Waals surface area contributed by atoms with Crippen LogP contribution < -0.4 is 0 Å². The maximum absolute atomic E-state index is 12.9. The van der Waals surface area contributed by atoms with Gasteiger partial charge in [0.1, 0.15) is 6.10 Å². The van der Waals surface area contributed by atoms with E-state index in [-0.39, 0.29) is 0 Å². The zero-order valence-corrected chi connectivity index (χ0v) is 13.5. The van der Waals surface area contributed by atoms with Gasteiger partial charge in [0, 0.05) is 4.90 Å². The van der Waals surface area contributed by atoms with Crippen LogP contribution in [0.5, 0.6) is 0 Å². The largest absolute Gasteiger partial charge is 0.386 e. The van der Waals surface area contributed by atoms with E-state index in [9.17, 15) is 9.32 Å². The zero-order valence-electron chi connectivity index (χ0n) is 11.9. The van der Waals surface area contributed by atoms with E-state index in [4.69, 9.17) is 11.6 Å². The molecule has 0 heterocycles. The lowest BCUT2D eigenvalue weighted by Crippen LogP contribution is -2.35. The van der Waals surface area contributed by atoms with Gasteiger partial charge in [-0.1, -0.05) is 61.9 Å². The minimum Gasteiger partial charge on any atom is -0.386 e. The van der Waals surface area contributed by atoms with Gasteiger partial charge in [0.2, 0.25) is 0 Å². The van der Waals surface area contributed by atoms with E-state index in [1.165, 1.54) is 0 Å². The van der Waals surface area contributed by atoms with Crippen LogP contribution in [0.1, 0.15) is 31.4 Å². The van der Waals surface area contributed by atoms with E-state index in [1.807, 2.05) is 43.3 Å². The summed E-state index contributed by atoms with van der Waals surface area (Å²) in [5.41, 5.74) is 0.685. The van der Waals surface area contributed by atoms with Gasteiger partial charge in [0.25, 0.3) is 0 Å². The fourth-order valence-electron chi connectivity index (χ4n) is 2.30. The van der Waals surface area contributed by atoms with Crippen molar-refractivity contribution in [3.63, 3.8) is 0 Å². The third kappa shape index (κ3) is 3.54. The predicted molar refractivity (Wildman–Crippen MR) is 87.7 cm³/mol. The Morgan fingerprint density at radius 3 is 2.14 bits per heavy atom. The molecule has 0 bridgehead atoms. The number of halogens is 1. The molecule has 2 rings (SSSR count). The lowest BCUT2D eigenvalue weighted by atomic mass is 10.0. The molecule has 2 aromatic rings. The average molecular weight is 323 g/mol. The second-order valence-electron chi connectivity index (χ2n) is 4.93. The van der Waals surface area contributed by atoms with Crippen LogP contribution in [-0.2, 0) is 10.8 Å². The normalized spacial score (nSPS) is 16.9. The lowest BCUT2D eigenvalue weighted by molar-refractivity contribution is 0.154. The minimum atomic E-state index is -1.50. The van der Waals surface area contributed by atoms with Gasteiger partial charge in [0.05, 0.1) is 10.8 Å². The quantitative estimate of drug-likeness (QED) is 0.807. The molecular weight excluding hydrogens is 304 g/mol. The third-order valence-electron chi connectivity index (χ3n) is 3.38. The van der Waals surface area contributed by atoms with E-state index in [1.54, 1.807) is 24.3 Å². The molecule has 0 saturated carbocycles. The maximum Gasteiger partial charge on any atom is 0.154 e. The summed E-state index contributed by atoms with van der Waals surface area (Å²) in [4.78, 5) is 0.635. The molecule has 1 unspecified atom stereocenters. The highest BCUT2D eigenvalue weighted by molar-refractivity contribution is 7.88. The fourth-order valence-corrected chi connectivity index (χ4v) is 4.40. The Morgan fingerprint density at radius 1 is 1.10 bits per heavy atom. The first-order valence-corrected chi connectivity index (χ1v) is 8.51. The Kier molecular flexibility index (Phi) is 5.57. The smallest absolute Gasteiger partial charge is 0.154 e. The highest BCUT2D eigenvalue weighted by atomic mass is 35.5. The summed E-state index contributed by atoms with van der Waals surface area (Å²) in [6.07, 6.45) is 0.222. The first-order chi connectivity index (χ1) is 10.1. The fraction of sp³-hybridized carbons (Fsp3) is 0.294. The SMILES string of the molecule is CCC[C@@](Cl)([C@@H](O)c1ccccc1)S(=O)c1ccccc1. The number of hydrogen-bond donors (Lipinski definition) is 1. The van der Waals surface area contributed by atoms with Crippen molar-refractivity contribution in [1.82, 2.24) is 0 Å². The van der Waals surface area contributed by atoms with Crippen molar-refractivity contribution in [1.29, 1.82) is 0 Å². The van der Waals surface area contributed by atoms with Crippen LogP contribution in [0.3, 0.4) is 0 Å². The van der Waals surface area contributed by atoms with Gasteiger partial charge < -0.3 is 5.11 Å². The Hall–Kier alpha value is -1.16. The molecule has 0 aromatic heterocycles. The van der Waals surface area contributed by atoms with Crippen molar-refractivity contribution in [2.75, 3.05) is 0 Å². The predicted octanol–water partition coefficient (Wildman–Crippen LogP) is 4.26. The van der Waals surface area contributed by atoms with Crippen LogP contribution in [0.15, 0.2) is 65.6 Å². The molecule has 2 nitrogen and oxygen atoms in total. The topological polar surface area (TPSA) is 37.3 Å². The van der Waals surface area contributed by atoms with Gasteiger partial charge in [-0.05, 0) is 24.1 Å². The van der Waals surface area contributed by atoms with Crippen molar-refractivity contribution < 1.29 is 9.32 Å². The van der Waals surface area contributed by atoms with Gasteiger partial charge >= 0.3 is 0 Å². The molecule has 0 aliphatic rings. The van der Waals surface area contributed by atoms with Gasteiger partial charge in [0.15, 0.2) is 4.21 Å². The average Bonchev–Trinajstić information content (AvgIpc) is 2.55. The first-order valence-electron chi connectivity index (χ1n) is 6.98. The minimum absolute atomic E-state index is 0.464. The molecule has 0 radical (unpaired) electrons. The summed E-state index contributed by atoms with van der Waals surface area (Å²) in [6.45, 7) is 1.97. The molecule has 0 amide bonds. The molecule has 0 fully saturated rings. The summed E-state index contributed by atoms with van der Waals surface area (Å²) in [7, 11) is -1.50. The number of aliphatic hydroxyl groups excluding tert-OH is 1. The first kappa shape index (κ1) is 16.2. The number of aliphatic hydroxyl groups is 1. The van der Waals surface area contributed by atoms with Crippen LogP contribution in [0.2, 0.25) is 0 Å². The summed E-state index contributed by atoms with van der Waals surface area (Å²) in [5, 5.41) is 10.7. The number of benzene rings is 2. The zero-order chi connectivity index (χ0) is 15.3. The number of rotatable bonds is 6. The highest BCUT2D eigenvalue weighted by Gasteiger charge is 2.42. The van der Waals surface area contributed by atoms with E-state index < -0.39 is 21.1 Å². The molecule has 0 saturated heterocycles. The second kappa shape index (κ2) is 7.21. The van der Waals surface area contributed by atoms with Gasteiger partial charge in [-0.3, -0.25) is 4.21 Å². The second-order valence-corrected chi connectivity index (χ2v) is 7.57. The Labute approximate surface area is 133 Å². The van der Waals surface area contributed by atoms with E-state index in [0.717, 1.165) is 6.42 Å². The van der Waals surface area contributed by atoms with Crippen LogP contribution >= 0.6 is 11.6 Å². The summed E-state index contributed by atoms with van der Waals surface area (Å²) < 4.78 is 11.7. The van der Waals surface area contributed by atoms with Crippen LogP contribution in [0.25, 0.3) is 0 Å². The molecule has 0 aliphatic carbocycles. The molecular formula is C17H19ClO2S. The monoisotopic (exact) mass is 322 g/mol. The van der Waals surface area contributed by atoms with Gasteiger partial charge in [-0.25, -0.2) is 0 Å². The molecule has 0 aliphatic heterocycles. The van der Waals surface area contributed by atoms with E-state index in [0.29, 0.717) is 16.9 Å². The van der Waals surface area contributed by atoms with Crippen molar-refractivity contribution in [2.45, 2.75) is 35.0 Å². The van der Waals surface area contributed by atoms with Crippen LogP contribution in [0.4, 0.5) is 0 Å². The summed E-state index contributed by atoms with van der Waals surface area (Å²) in [5.74, 6) is 0. The molecule has 4 heteroatoms. The molecule has 2 aromatic carbocycles. The standard InChI is InChI=1S/C17H19ClO2S/c1-2-13-17(18,16(19)14-9-5-3-6-10-14)21(20)15-11-7-4-8-12-15/h3-12,16,19H,2,13H2,1H3/t16-,17-,21?/m0/s1. The number of hydrogen-bond acceptors (Lipinski definition) is 2. The molecule has 21 heavy (non-hydrogen) atoms.